The van der Waals surface area contributed by atoms with E-state index in [1.807, 2.05) is 36.5 Å². The second-order valence-electron chi connectivity index (χ2n) is 6.55. The number of hydrogen-bond acceptors (Lipinski definition) is 5. The van der Waals surface area contributed by atoms with Crippen LogP contribution < -0.4 is 9.47 Å². The van der Waals surface area contributed by atoms with Crippen LogP contribution in [-0.2, 0) is 12.0 Å². The Labute approximate surface area is 149 Å². The smallest absolute Gasteiger partial charge is 0.122 e. The molecule has 0 atom stereocenters. The molecule has 3 rings (SSSR count). The van der Waals surface area contributed by atoms with Gasteiger partial charge in [0.1, 0.15) is 11.5 Å². The van der Waals surface area contributed by atoms with E-state index in [2.05, 4.69) is 16.0 Å². The molecule has 1 aromatic carbocycles. The SMILES string of the molecule is COc1cc(OC)cc(C2(O)CCN(CCc3ccccn3)CC2)c1. The van der Waals surface area contributed by atoms with Crippen molar-refractivity contribution in [3.8, 4) is 11.5 Å². The first-order valence-electron chi connectivity index (χ1n) is 8.71. The van der Waals surface area contributed by atoms with Crippen molar-refractivity contribution < 1.29 is 14.6 Å². The number of ether oxygens (including phenoxy) is 2. The summed E-state index contributed by atoms with van der Waals surface area (Å²) in [6.07, 6.45) is 4.17. The van der Waals surface area contributed by atoms with Crippen LogP contribution in [0.2, 0.25) is 0 Å². The number of likely N-dealkylation sites (tertiary alicyclic amines) is 1. The van der Waals surface area contributed by atoms with Crippen molar-refractivity contribution in [1.82, 2.24) is 9.88 Å². The average Bonchev–Trinajstić information content (AvgIpc) is 2.68. The Hall–Kier alpha value is -2.11. The number of aliphatic hydroxyl groups is 1. The van der Waals surface area contributed by atoms with Crippen LogP contribution in [0.5, 0.6) is 11.5 Å². The summed E-state index contributed by atoms with van der Waals surface area (Å²) in [6, 6.07) is 11.7. The van der Waals surface area contributed by atoms with Gasteiger partial charge in [0, 0.05) is 44.0 Å². The predicted molar refractivity (Wildman–Crippen MR) is 97.1 cm³/mol. The van der Waals surface area contributed by atoms with Crippen molar-refractivity contribution in [2.24, 2.45) is 0 Å². The van der Waals surface area contributed by atoms with Crippen molar-refractivity contribution in [3.05, 3.63) is 53.9 Å². The van der Waals surface area contributed by atoms with Crippen molar-refractivity contribution in [2.75, 3.05) is 33.9 Å². The summed E-state index contributed by atoms with van der Waals surface area (Å²) in [7, 11) is 3.26. The highest BCUT2D eigenvalue weighted by Gasteiger charge is 2.34. The minimum absolute atomic E-state index is 0.700. The zero-order valence-electron chi connectivity index (χ0n) is 14.9. The lowest BCUT2D eigenvalue weighted by Crippen LogP contribution is -2.43. The third-order valence-corrected chi connectivity index (χ3v) is 4.98. The molecule has 0 saturated carbocycles. The normalized spacial score (nSPS) is 17.2. The molecule has 0 amide bonds. The Balaban J connectivity index is 1.62. The molecule has 5 nitrogen and oxygen atoms in total. The third-order valence-electron chi connectivity index (χ3n) is 4.98. The van der Waals surface area contributed by atoms with E-state index < -0.39 is 5.60 Å². The first kappa shape index (κ1) is 17.7. The molecule has 0 aliphatic carbocycles. The Morgan fingerprint density at radius 3 is 2.32 bits per heavy atom. The van der Waals surface area contributed by atoms with Gasteiger partial charge < -0.3 is 19.5 Å². The molecule has 1 fully saturated rings. The number of aromatic nitrogens is 1. The van der Waals surface area contributed by atoms with Crippen LogP contribution in [0.15, 0.2) is 42.6 Å². The number of rotatable bonds is 6. The second kappa shape index (κ2) is 7.85. The molecule has 0 spiro atoms. The van der Waals surface area contributed by atoms with Crippen molar-refractivity contribution in [3.63, 3.8) is 0 Å². The fourth-order valence-electron chi connectivity index (χ4n) is 3.33. The lowest BCUT2D eigenvalue weighted by Gasteiger charge is -2.38. The molecule has 1 aliphatic rings. The molecule has 0 bridgehead atoms. The zero-order chi connectivity index (χ0) is 17.7. The molecular formula is C20H26N2O3. The Morgan fingerprint density at radius 2 is 1.76 bits per heavy atom. The summed E-state index contributed by atoms with van der Waals surface area (Å²) >= 11 is 0. The lowest BCUT2D eigenvalue weighted by atomic mass is 9.84. The van der Waals surface area contributed by atoms with Crippen LogP contribution in [0.4, 0.5) is 0 Å². The minimum Gasteiger partial charge on any atom is -0.497 e. The van der Waals surface area contributed by atoms with E-state index in [0.717, 1.165) is 37.3 Å². The molecule has 0 unspecified atom stereocenters. The van der Waals surface area contributed by atoms with Gasteiger partial charge in [-0.1, -0.05) is 6.07 Å². The second-order valence-corrected chi connectivity index (χ2v) is 6.55. The zero-order valence-corrected chi connectivity index (χ0v) is 14.9. The van der Waals surface area contributed by atoms with Crippen molar-refractivity contribution >= 4 is 0 Å². The van der Waals surface area contributed by atoms with Gasteiger partial charge in [-0.2, -0.15) is 0 Å². The quantitative estimate of drug-likeness (QED) is 0.875. The maximum Gasteiger partial charge on any atom is 0.122 e. The molecule has 1 aliphatic heterocycles. The van der Waals surface area contributed by atoms with Gasteiger partial charge in [-0.3, -0.25) is 4.98 Å². The Morgan fingerprint density at radius 1 is 1.08 bits per heavy atom. The number of pyridine rings is 1. The highest BCUT2D eigenvalue weighted by molar-refractivity contribution is 5.41. The molecule has 1 saturated heterocycles. The fourth-order valence-corrected chi connectivity index (χ4v) is 3.33. The van der Waals surface area contributed by atoms with Crippen LogP contribution in [0, 0.1) is 0 Å². The summed E-state index contributed by atoms with van der Waals surface area (Å²) < 4.78 is 10.7. The number of hydrogen-bond donors (Lipinski definition) is 1. The maximum absolute atomic E-state index is 11.1. The lowest BCUT2D eigenvalue weighted by molar-refractivity contribution is -0.0258. The summed E-state index contributed by atoms with van der Waals surface area (Å²) in [5.74, 6) is 1.42. The first-order valence-corrected chi connectivity index (χ1v) is 8.71. The number of methoxy groups -OCH3 is 2. The van der Waals surface area contributed by atoms with Gasteiger partial charge in [0.25, 0.3) is 0 Å². The van der Waals surface area contributed by atoms with E-state index in [0.29, 0.717) is 24.3 Å². The van der Waals surface area contributed by atoms with Gasteiger partial charge in [-0.05, 0) is 42.7 Å². The van der Waals surface area contributed by atoms with Crippen LogP contribution in [-0.4, -0.2) is 48.8 Å². The van der Waals surface area contributed by atoms with E-state index in [9.17, 15) is 5.11 Å². The van der Waals surface area contributed by atoms with E-state index in [-0.39, 0.29) is 0 Å². The molecule has 2 aromatic rings. The Kier molecular flexibility index (Phi) is 5.56. The van der Waals surface area contributed by atoms with E-state index in [4.69, 9.17) is 9.47 Å². The van der Waals surface area contributed by atoms with Gasteiger partial charge in [0.15, 0.2) is 0 Å². The highest BCUT2D eigenvalue weighted by Crippen LogP contribution is 2.36. The molecular weight excluding hydrogens is 316 g/mol. The molecule has 2 heterocycles. The predicted octanol–water partition coefficient (Wildman–Crippen LogP) is 2.62. The van der Waals surface area contributed by atoms with E-state index in [1.165, 1.54) is 0 Å². The maximum atomic E-state index is 11.1. The van der Waals surface area contributed by atoms with E-state index >= 15 is 0 Å². The van der Waals surface area contributed by atoms with Crippen molar-refractivity contribution in [2.45, 2.75) is 24.9 Å². The van der Waals surface area contributed by atoms with Gasteiger partial charge in [0.2, 0.25) is 0 Å². The standard InChI is InChI=1S/C20H26N2O3/c1-24-18-13-16(14-19(15-18)25-2)20(23)7-11-22(12-8-20)10-6-17-5-3-4-9-21-17/h3-5,9,13-15,23H,6-8,10-12H2,1-2H3. The third kappa shape index (κ3) is 4.30. The highest BCUT2D eigenvalue weighted by atomic mass is 16.5. The molecule has 1 aromatic heterocycles. The molecule has 5 heteroatoms. The van der Waals surface area contributed by atoms with Crippen LogP contribution in [0.3, 0.4) is 0 Å². The topological polar surface area (TPSA) is 54.8 Å². The number of piperidine rings is 1. The van der Waals surface area contributed by atoms with Crippen LogP contribution >= 0.6 is 0 Å². The summed E-state index contributed by atoms with van der Waals surface area (Å²) in [5, 5.41) is 11.1. The van der Waals surface area contributed by atoms with E-state index in [1.54, 1.807) is 14.2 Å². The molecule has 134 valence electrons. The minimum atomic E-state index is -0.830. The summed E-state index contributed by atoms with van der Waals surface area (Å²) in [6.45, 7) is 2.69. The Bertz CT molecular complexity index is 660. The summed E-state index contributed by atoms with van der Waals surface area (Å²) in [4.78, 5) is 6.76. The van der Waals surface area contributed by atoms with Crippen molar-refractivity contribution in [1.29, 1.82) is 0 Å². The largest absolute Gasteiger partial charge is 0.497 e. The number of benzene rings is 1. The number of nitrogens with zero attached hydrogens (tertiary/aromatic N) is 2. The van der Waals surface area contributed by atoms with Crippen LogP contribution in [0.25, 0.3) is 0 Å². The van der Waals surface area contributed by atoms with Gasteiger partial charge >= 0.3 is 0 Å². The van der Waals surface area contributed by atoms with Crippen LogP contribution in [0.1, 0.15) is 24.1 Å². The average molecular weight is 342 g/mol. The molecule has 1 N–H and O–H groups in total. The van der Waals surface area contributed by atoms with Gasteiger partial charge in [0.05, 0.1) is 19.8 Å². The van der Waals surface area contributed by atoms with Gasteiger partial charge in [-0.25, -0.2) is 0 Å². The van der Waals surface area contributed by atoms with Gasteiger partial charge in [-0.15, -0.1) is 0 Å². The molecule has 0 radical (unpaired) electrons. The monoisotopic (exact) mass is 342 g/mol. The first-order chi connectivity index (χ1) is 12.1. The molecule has 25 heavy (non-hydrogen) atoms. The fraction of sp³-hybridized carbons (Fsp3) is 0.450. The summed E-state index contributed by atoms with van der Waals surface area (Å²) in [5.41, 5.74) is 1.15.